The molecule has 0 aromatic carbocycles. The zero-order valence-electron chi connectivity index (χ0n) is 12.3. The van der Waals surface area contributed by atoms with Crippen molar-refractivity contribution in [3.63, 3.8) is 0 Å². The molecule has 114 valence electrons. The third-order valence-corrected chi connectivity index (χ3v) is 6.35. The van der Waals surface area contributed by atoms with Gasteiger partial charge in [-0.25, -0.2) is 0 Å². The third-order valence-electron chi connectivity index (χ3n) is 4.77. The zero-order chi connectivity index (χ0) is 14.4. The number of likely N-dealkylation sites (tertiary alicyclic amines) is 1. The van der Waals surface area contributed by atoms with E-state index in [0.29, 0.717) is 17.4 Å². The van der Waals surface area contributed by atoms with Gasteiger partial charge in [0.05, 0.1) is 22.7 Å². The average molecular weight is 307 g/mol. The van der Waals surface area contributed by atoms with E-state index in [0.717, 1.165) is 37.8 Å². The van der Waals surface area contributed by atoms with Crippen LogP contribution in [0, 0.1) is 12.8 Å². The molecule has 0 unspecified atom stereocenters. The minimum Gasteiger partial charge on any atom is -0.469 e. The summed E-state index contributed by atoms with van der Waals surface area (Å²) in [5.74, 6) is 2.73. The van der Waals surface area contributed by atoms with Crippen molar-refractivity contribution in [1.82, 2.24) is 4.90 Å². The summed E-state index contributed by atoms with van der Waals surface area (Å²) < 4.78 is 11.5. The molecule has 4 nitrogen and oxygen atoms in total. The maximum atomic E-state index is 12.4. The number of hydrogen-bond acceptors (Lipinski definition) is 4. The lowest BCUT2D eigenvalue weighted by molar-refractivity contribution is 0.0286. The highest BCUT2D eigenvalue weighted by Gasteiger charge is 2.51. The van der Waals surface area contributed by atoms with Gasteiger partial charge in [-0.2, -0.15) is 0 Å². The standard InChI is InChI=1S/C16H21NO3S/c1-11-14(4-5-19-11)15(18)17-9-16(10-17)6-13(8-21-16)20-7-12-2-3-12/h4-5,12-13H,2-3,6-10H2,1H3/t13-/m1/s1. The Bertz CT molecular complexity index is 545. The van der Waals surface area contributed by atoms with Crippen molar-refractivity contribution in [3.05, 3.63) is 23.7 Å². The van der Waals surface area contributed by atoms with E-state index in [9.17, 15) is 4.79 Å². The highest BCUT2D eigenvalue weighted by Crippen LogP contribution is 2.46. The fraction of sp³-hybridized carbons (Fsp3) is 0.688. The van der Waals surface area contributed by atoms with Crippen molar-refractivity contribution in [2.75, 3.05) is 25.4 Å². The number of aryl methyl sites for hydroxylation is 1. The first kappa shape index (κ1) is 13.7. The molecule has 0 bridgehead atoms. The first-order chi connectivity index (χ1) is 10.2. The summed E-state index contributed by atoms with van der Waals surface area (Å²) in [5, 5.41) is 0. The maximum Gasteiger partial charge on any atom is 0.257 e. The highest BCUT2D eigenvalue weighted by molar-refractivity contribution is 8.01. The van der Waals surface area contributed by atoms with Crippen LogP contribution in [0.15, 0.2) is 16.7 Å². The van der Waals surface area contributed by atoms with Crippen molar-refractivity contribution in [2.24, 2.45) is 5.92 Å². The lowest BCUT2D eigenvalue weighted by Gasteiger charge is -2.47. The molecule has 5 heteroatoms. The van der Waals surface area contributed by atoms with Gasteiger partial charge >= 0.3 is 0 Å². The van der Waals surface area contributed by atoms with Crippen molar-refractivity contribution < 1.29 is 13.9 Å². The van der Waals surface area contributed by atoms with Crippen LogP contribution in [0.1, 0.15) is 35.4 Å². The summed E-state index contributed by atoms with van der Waals surface area (Å²) in [6.07, 6.45) is 5.76. The number of thioether (sulfide) groups is 1. The first-order valence-electron chi connectivity index (χ1n) is 7.74. The Morgan fingerprint density at radius 3 is 3.00 bits per heavy atom. The molecular weight excluding hydrogens is 286 g/mol. The Hall–Kier alpha value is -0.940. The summed E-state index contributed by atoms with van der Waals surface area (Å²) >= 11 is 1.99. The number of rotatable bonds is 4. The lowest BCUT2D eigenvalue weighted by atomic mass is 9.92. The number of amides is 1. The Labute approximate surface area is 129 Å². The number of ether oxygens (including phenoxy) is 1. The Morgan fingerprint density at radius 1 is 1.52 bits per heavy atom. The van der Waals surface area contributed by atoms with Gasteiger partial charge in [0.15, 0.2) is 0 Å². The quantitative estimate of drug-likeness (QED) is 0.858. The van der Waals surface area contributed by atoms with Crippen LogP contribution in [0.3, 0.4) is 0 Å². The smallest absolute Gasteiger partial charge is 0.257 e. The van der Waals surface area contributed by atoms with Gasteiger partial charge in [-0.3, -0.25) is 4.79 Å². The van der Waals surface area contributed by atoms with Crippen LogP contribution in [0.5, 0.6) is 0 Å². The van der Waals surface area contributed by atoms with Crippen LogP contribution in [-0.2, 0) is 4.74 Å². The predicted octanol–water partition coefficient (Wildman–Crippen LogP) is 2.71. The second-order valence-electron chi connectivity index (χ2n) is 6.65. The van der Waals surface area contributed by atoms with Gasteiger partial charge in [0.25, 0.3) is 5.91 Å². The highest BCUT2D eigenvalue weighted by atomic mass is 32.2. The van der Waals surface area contributed by atoms with Crippen molar-refractivity contribution >= 4 is 17.7 Å². The Balaban J connectivity index is 1.30. The van der Waals surface area contributed by atoms with Crippen molar-refractivity contribution in [1.29, 1.82) is 0 Å². The van der Waals surface area contributed by atoms with E-state index in [1.165, 1.54) is 12.8 Å². The average Bonchev–Trinajstić information content (AvgIpc) is 3.00. The number of hydrogen-bond donors (Lipinski definition) is 0. The summed E-state index contributed by atoms with van der Waals surface area (Å²) in [6.45, 7) is 4.49. The molecule has 1 spiro atoms. The fourth-order valence-corrected chi connectivity index (χ4v) is 4.81. The second-order valence-corrected chi connectivity index (χ2v) is 8.14. The van der Waals surface area contributed by atoms with E-state index >= 15 is 0 Å². The van der Waals surface area contributed by atoms with E-state index in [4.69, 9.17) is 9.15 Å². The maximum absolute atomic E-state index is 12.4. The normalized spacial score (nSPS) is 27.1. The van der Waals surface area contributed by atoms with E-state index in [1.807, 2.05) is 23.6 Å². The van der Waals surface area contributed by atoms with Crippen LogP contribution in [0.4, 0.5) is 0 Å². The molecule has 4 rings (SSSR count). The molecule has 2 aliphatic heterocycles. The molecule has 1 atom stereocenters. The van der Waals surface area contributed by atoms with Gasteiger partial charge in [0.1, 0.15) is 5.76 Å². The minimum atomic E-state index is 0.106. The van der Waals surface area contributed by atoms with Crippen LogP contribution in [0.25, 0.3) is 0 Å². The van der Waals surface area contributed by atoms with Crippen molar-refractivity contribution in [2.45, 2.75) is 37.0 Å². The predicted molar refractivity (Wildman–Crippen MR) is 81.6 cm³/mol. The molecule has 1 saturated carbocycles. The molecule has 3 heterocycles. The van der Waals surface area contributed by atoms with E-state index in [2.05, 4.69) is 0 Å². The molecule has 21 heavy (non-hydrogen) atoms. The lowest BCUT2D eigenvalue weighted by Crippen LogP contribution is -2.60. The van der Waals surface area contributed by atoms with Crippen molar-refractivity contribution in [3.8, 4) is 0 Å². The number of carbonyl (C=O) groups is 1. The van der Waals surface area contributed by atoms with Gasteiger partial charge < -0.3 is 14.1 Å². The number of carbonyl (C=O) groups excluding carboxylic acids is 1. The molecule has 0 N–H and O–H groups in total. The Kier molecular flexibility index (Phi) is 3.30. The monoisotopic (exact) mass is 307 g/mol. The SMILES string of the molecule is Cc1occc1C(=O)N1CC2(C[C@@H](OCC3CC3)CS2)C1. The first-order valence-corrected chi connectivity index (χ1v) is 8.73. The zero-order valence-corrected chi connectivity index (χ0v) is 13.2. The Morgan fingerprint density at radius 2 is 2.33 bits per heavy atom. The molecule has 1 amide bonds. The van der Waals surface area contributed by atoms with Gasteiger partial charge in [0.2, 0.25) is 0 Å². The molecular formula is C16H21NO3S. The molecule has 1 aromatic heterocycles. The van der Waals surface area contributed by atoms with Crippen LogP contribution in [-0.4, -0.2) is 47.1 Å². The van der Waals surface area contributed by atoms with Gasteiger partial charge in [-0.1, -0.05) is 0 Å². The van der Waals surface area contributed by atoms with Gasteiger partial charge in [-0.15, -0.1) is 11.8 Å². The van der Waals surface area contributed by atoms with Crippen LogP contribution >= 0.6 is 11.8 Å². The van der Waals surface area contributed by atoms with E-state index in [-0.39, 0.29) is 10.7 Å². The van der Waals surface area contributed by atoms with Crippen LogP contribution < -0.4 is 0 Å². The molecule has 3 fully saturated rings. The van der Waals surface area contributed by atoms with E-state index in [1.54, 1.807) is 12.3 Å². The summed E-state index contributed by atoms with van der Waals surface area (Å²) in [7, 11) is 0. The molecule has 1 aliphatic carbocycles. The molecule has 3 aliphatic rings. The largest absolute Gasteiger partial charge is 0.469 e. The second kappa shape index (κ2) is 5.06. The number of nitrogens with zero attached hydrogens (tertiary/aromatic N) is 1. The minimum absolute atomic E-state index is 0.106. The van der Waals surface area contributed by atoms with Crippen LogP contribution in [0.2, 0.25) is 0 Å². The summed E-state index contributed by atoms with van der Waals surface area (Å²) in [6, 6.07) is 1.77. The molecule has 2 saturated heterocycles. The molecule has 0 radical (unpaired) electrons. The molecule has 1 aromatic rings. The fourth-order valence-electron chi connectivity index (χ4n) is 3.26. The summed E-state index contributed by atoms with van der Waals surface area (Å²) in [4.78, 5) is 14.3. The van der Waals surface area contributed by atoms with E-state index < -0.39 is 0 Å². The number of furan rings is 1. The third kappa shape index (κ3) is 2.61. The van der Waals surface area contributed by atoms with Gasteiger partial charge in [-0.05, 0) is 38.2 Å². The van der Waals surface area contributed by atoms with Gasteiger partial charge in [0, 0.05) is 25.4 Å². The summed E-state index contributed by atoms with van der Waals surface area (Å²) in [5.41, 5.74) is 0.703. The topological polar surface area (TPSA) is 42.7 Å².